The third-order valence-electron chi connectivity index (χ3n) is 3.76. The number of nitrogens with zero attached hydrogens (tertiary/aromatic N) is 1. The molecule has 0 radical (unpaired) electrons. The van der Waals surface area contributed by atoms with Gasteiger partial charge in [0.1, 0.15) is 0 Å². The molecule has 0 aromatic heterocycles. The number of benzene rings is 2. The number of methoxy groups -OCH3 is 1. The molecule has 2 aromatic rings. The van der Waals surface area contributed by atoms with Gasteiger partial charge in [-0.1, -0.05) is 24.3 Å². The standard InChI is InChI=1S/C19H14INO4S/c1-25-18(23)14-6-2-12(3-7-14)10-16-17(22)21(19(24)26-16)11-13-4-8-15(20)9-5-13/h2-10H,11H2,1H3/b16-10-. The van der Waals surface area contributed by atoms with Gasteiger partial charge >= 0.3 is 5.97 Å². The summed E-state index contributed by atoms with van der Waals surface area (Å²) < 4.78 is 5.75. The third kappa shape index (κ3) is 4.16. The van der Waals surface area contributed by atoms with Gasteiger partial charge in [0.25, 0.3) is 11.1 Å². The Morgan fingerprint density at radius 3 is 2.38 bits per heavy atom. The second-order valence-electron chi connectivity index (χ2n) is 5.51. The summed E-state index contributed by atoms with van der Waals surface area (Å²) in [7, 11) is 1.32. The van der Waals surface area contributed by atoms with Gasteiger partial charge in [0, 0.05) is 3.57 Å². The molecule has 26 heavy (non-hydrogen) atoms. The van der Waals surface area contributed by atoms with Crippen molar-refractivity contribution in [1.29, 1.82) is 0 Å². The first-order valence-electron chi connectivity index (χ1n) is 7.66. The van der Waals surface area contributed by atoms with E-state index in [1.165, 1.54) is 12.0 Å². The van der Waals surface area contributed by atoms with Crippen molar-refractivity contribution in [2.75, 3.05) is 7.11 Å². The quantitative estimate of drug-likeness (QED) is 0.372. The molecule has 0 saturated carbocycles. The average molecular weight is 479 g/mol. The zero-order chi connectivity index (χ0) is 18.7. The number of carbonyl (C=O) groups excluding carboxylic acids is 3. The Kier molecular flexibility index (Phi) is 5.77. The van der Waals surface area contributed by atoms with Crippen molar-refractivity contribution in [1.82, 2.24) is 4.90 Å². The van der Waals surface area contributed by atoms with Crippen LogP contribution in [0.5, 0.6) is 0 Å². The molecular formula is C19H14INO4S. The third-order valence-corrected chi connectivity index (χ3v) is 5.38. The van der Waals surface area contributed by atoms with Gasteiger partial charge in [-0.15, -0.1) is 0 Å². The lowest BCUT2D eigenvalue weighted by Crippen LogP contribution is -2.27. The Morgan fingerprint density at radius 2 is 1.77 bits per heavy atom. The van der Waals surface area contributed by atoms with E-state index in [0.29, 0.717) is 10.5 Å². The van der Waals surface area contributed by atoms with Gasteiger partial charge in [0.2, 0.25) is 0 Å². The number of amides is 2. The molecule has 2 amide bonds. The molecule has 1 saturated heterocycles. The Bertz CT molecular complexity index is 891. The Balaban J connectivity index is 1.76. The average Bonchev–Trinajstić information content (AvgIpc) is 2.91. The molecule has 0 spiro atoms. The summed E-state index contributed by atoms with van der Waals surface area (Å²) in [5.41, 5.74) is 2.06. The molecule has 1 heterocycles. The van der Waals surface area contributed by atoms with E-state index >= 15 is 0 Å². The maximum absolute atomic E-state index is 12.6. The van der Waals surface area contributed by atoms with Gasteiger partial charge in [-0.25, -0.2) is 4.79 Å². The molecule has 3 rings (SSSR count). The number of carbonyl (C=O) groups is 3. The summed E-state index contributed by atoms with van der Waals surface area (Å²) in [6.07, 6.45) is 1.65. The largest absolute Gasteiger partial charge is 0.465 e. The van der Waals surface area contributed by atoms with Crippen molar-refractivity contribution in [3.63, 3.8) is 0 Å². The fourth-order valence-electron chi connectivity index (χ4n) is 2.39. The van der Waals surface area contributed by atoms with Crippen LogP contribution in [-0.4, -0.2) is 29.1 Å². The molecule has 0 atom stereocenters. The fraction of sp³-hybridized carbons (Fsp3) is 0.105. The minimum Gasteiger partial charge on any atom is -0.465 e. The smallest absolute Gasteiger partial charge is 0.337 e. The fourth-order valence-corrected chi connectivity index (χ4v) is 3.59. The number of thioether (sulfide) groups is 1. The lowest BCUT2D eigenvalue weighted by atomic mass is 10.1. The number of ether oxygens (including phenoxy) is 1. The summed E-state index contributed by atoms with van der Waals surface area (Å²) in [6, 6.07) is 14.3. The second kappa shape index (κ2) is 8.05. The highest BCUT2D eigenvalue weighted by atomic mass is 127. The molecule has 0 N–H and O–H groups in total. The maximum Gasteiger partial charge on any atom is 0.337 e. The van der Waals surface area contributed by atoms with E-state index in [9.17, 15) is 14.4 Å². The molecule has 1 fully saturated rings. The predicted octanol–water partition coefficient (Wildman–Crippen LogP) is 4.31. The predicted molar refractivity (Wildman–Crippen MR) is 108 cm³/mol. The molecule has 0 bridgehead atoms. The number of hydrogen-bond donors (Lipinski definition) is 0. The topological polar surface area (TPSA) is 63.7 Å². The molecule has 0 aliphatic carbocycles. The Hall–Kier alpha value is -2.13. The van der Waals surface area contributed by atoms with E-state index < -0.39 is 5.97 Å². The van der Waals surface area contributed by atoms with Crippen LogP contribution in [0.4, 0.5) is 4.79 Å². The van der Waals surface area contributed by atoms with Crippen molar-refractivity contribution in [2.24, 2.45) is 0 Å². The van der Waals surface area contributed by atoms with Gasteiger partial charge in [-0.3, -0.25) is 14.5 Å². The van der Waals surface area contributed by atoms with Gasteiger partial charge in [-0.05, 0) is 75.8 Å². The van der Waals surface area contributed by atoms with E-state index in [0.717, 1.165) is 26.5 Å². The number of hydrogen-bond acceptors (Lipinski definition) is 5. The highest BCUT2D eigenvalue weighted by molar-refractivity contribution is 14.1. The minimum atomic E-state index is -0.422. The lowest BCUT2D eigenvalue weighted by Gasteiger charge is -2.12. The van der Waals surface area contributed by atoms with E-state index in [4.69, 9.17) is 0 Å². The molecule has 1 aliphatic heterocycles. The first-order valence-corrected chi connectivity index (χ1v) is 9.55. The van der Waals surface area contributed by atoms with Gasteiger partial charge in [0.05, 0.1) is 24.1 Å². The number of halogens is 1. The Morgan fingerprint density at radius 1 is 1.12 bits per heavy atom. The number of imide groups is 1. The van der Waals surface area contributed by atoms with Crippen molar-refractivity contribution in [3.05, 3.63) is 73.7 Å². The highest BCUT2D eigenvalue weighted by Gasteiger charge is 2.34. The monoisotopic (exact) mass is 479 g/mol. The van der Waals surface area contributed by atoms with E-state index in [1.54, 1.807) is 30.3 Å². The summed E-state index contributed by atoms with van der Waals surface area (Å²) in [6.45, 7) is 0.250. The van der Waals surface area contributed by atoms with Crippen molar-refractivity contribution < 1.29 is 19.1 Å². The van der Waals surface area contributed by atoms with Crippen LogP contribution in [0.2, 0.25) is 0 Å². The van der Waals surface area contributed by atoms with Crippen LogP contribution in [0.25, 0.3) is 6.08 Å². The molecule has 1 aliphatic rings. The molecule has 5 nitrogen and oxygen atoms in total. The maximum atomic E-state index is 12.6. The van der Waals surface area contributed by atoms with Crippen LogP contribution < -0.4 is 0 Å². The molecule has 132 valence electrons. The molecule has 0 unspecified atom stereocenters. The van der Waals surface area contributed by atoms with Gasteiger partial charge in [0.15, 0.2) is 0 Å². The molecular weight excluding hydrogens is 465 g/mol. The van der Waals surface area contributed by atoms with E-state index in [-0.39, 0.29) is 17.7 Å². The van der Waals surface area contributed by atoms with Crippen LogP contribution in [-0.2, 0) is 16.1 Å². The number of esters is 1. The van der Waals surface area contributed by atoms with Gasteiger partial charge in [-0.2, -0.15) is 0 Å². The second-order valence-corrected chi connectivity index (χ2v) is 7.75. The first-order chi connectivity index (χ1) is 12.5. The van der Waals surface area contributed by atoms with Crippen molar-refractivity contribution >= 4 is 57.5 Å². The van der Waals surface area contributed by atoms with Crippen LogP contribution in [0.1, 0.15) is 21.5 Å². The van der Waals surface area contributed by atoms with Crippen molar-refractivity contribution in [2.45, 2.75) is 6.54 Å². The SMILES string of the molecule is COC(=O)c1ccc(/C=C2\SC(=O)N(Cc3ccc(I)cc3)C2=O)cc1. The van der Waals surface area contributed by atoms with Gasteiger partial charge < -0.3 is 4.74 Å². The summed E-state index contributed by atoms with van der Waals surface area (Å²) >= 11 is 3.12. The molecule has 7 heteroatoms. The molecule has 2 aromatic carbocycles. The van der Waals surface area contributed by atoms with Crippen LogP contribution >= 0.6 is 34.4 Å². The minimum absolute atomic E-state index is 0.250. The Labute approximate surface area is 168 Å². The van der Waals surface area contributed by atoms with Crippen molar-refractivity contribution in [3.8, 4) is 0 Å². The zero-order valence-electron chi connectivity index (χ0n) is 13.8. The summed E-state index contributed by atoms with van der Waals surface area (Å²) in [4.78, 5) is 37.8. The van der Waals surface area contributed by atoms with Crippen LogP contribution in [0.15, 0.2) is 53.4 Å². The highest BCUT2D eigenvalue weighted by Crippen LogP contribution is 2.33. The van der Waals surface area contributed by atoms with Crippen LogP contribution in [0, 0.1) is 3.57 Å². The number of rotatable bonds is 4. The van der Waals surface area contributed by atoms with E-state index in [2.05, 4.69) is 27.3 Å². The normalized spacial score (nSPS) is 15.6. The zero-order valence-corrected chi connectivity index (χ0v) is 16.7. The van der Waals surface area contributed by atoms with Crippen LogP contribution in [0.3, 0.4) is 0 Å². The lowest BCUT2D eigenvalue weighted by molar-refractivity contribution is -0.123. The summed E-state index contributed by atoms with van der Waals surface area (Å²) in [5.74, 6) is -0.731. The summed E-state index contributed by atoms with van der Waals surface area (Å²) in [5, 5.41) is -0.286. The van der Waals surface area contributed by atoms with E-state index in [1.807, 2.05) is 24.3 Å². The first kappa shape index (κ1) is 18.7.